The molecule has 2 aromatic rings. The van der Waals surface area contributed by atoms with Crippen LogP contribution < -0.4 is 5.32 Å². The van der Waals surface area contributed by atoms with Gasteiger partial charge in [0.05, 0.1) is 0 Å². The quantitative estimate of drug-likeness (QED) is 0.904. The van der Waals surface area contributed by atoms with Crippen LogP contribution in [-0.2, 0) is 10.0 Å². The fraction of sp³-hybridized carbons (Fsp3) is 0.500. The maximum atomic E-state index is 12.3. The van der Waals surface area contributed by atoms with Crippen molar-refractivity contribution >= 4 is 32.1 Å². The Morgan fingerprint density at radius 2 is 2.22 bits per heavy atom. The van der Waals surface area contributed by atoms with Crippen molar-refractivity contribution in [2.24, 2.45) is 0 Å². The second kappa shape index (κ2) is 4.87. The molecule has 2 aromatic heterocycles. The zero-order valence-corrected chi connectivity index (χ0v) is 12.2. The molecular formula is C10H16N4O2S2. The van der Waals surface area contributed by atoms with Gasteiger partial charge in [0.2, 0.25) is 0 Å². The van der Waals surface area contributed by atoms with Gasteiger partial charge < -0.3 is 5.32 Å². The number of nitrogens with one attached hydrogen (secondary N) is 1. The van der Waals surface area contributed by atoms with Gasteiger partial charge in [0.1, 0.15) is 0 Å². The lowest BCUT2D eigenvalue weighted by molar-refractivity contribution is 0.516. The maximum Gasteiger partial charge on any atom is 0.262 e. The van der Waals surface area contributed by atoms with Gasteiger partial charge >= 0.3 is 0 Å². The second-order valence-electron chi connectivity index (χ2n) is 4.04. The zero-order chi connectivity index (χ0) is 13.3. The van der Waals surface area contributed by atoms with E-state index in [0.717, 1.165) is 6.42 Å². The number of rotatable bonds is 5. The summed E-state index contributed by atoms with van der Waals surface area (Å²) < 4.78 is 27.4. The Labute approximate surface area is 110 Å². The SMILES string of the molecule is CCCNc1nc2sccn2c1S(=O)(=O)N(C)C. The summed E-state index contributed by atoms with van der Waals surface area (Å²) in [4.78, 5) is 5.00. The maximum absolute atomic E-state index is 12.3. The fourth-order valence-electron chi connectivity index (χ4n) is 1.54. The van der Waals surface area contributed by atoms with Crippen LogP contribution in [0.4, 0.5) is 5.82 Å². The summed E-state index contributed by atoms with van der Waals surface area (Å²) in [5.74, 6) is 0.428. The van der Waals surface area contributed by atoms with E-state index >= 15 is 0 Å². The third-order valence-corrected chi connectivity index (χ3v) is 5.08. The summed E-state index contributed by atoms with van der Waals surface area (Å²) in [5.41, 5.74) is 0. The Hall–Kier alpha value is -1.12. The van der Waals surface area contributed by atoms with Crippen molar-refractivity contribution in [1.29, 1.82) is 0 Å². The molecule has 0 fully saturated rings. The topological polar surface area (TPSA) is 66.7 Å². The lowest BCUT2D eigenvalue weighted by atomic mass is 10.5. The normalized spacial score (nSPS) is 12.4. The number of aromatic nitrogens is 2. The van der Waals surface area contributed by atoms with Crippen molar-refractivity contribution in [3.8, 4) is 0 Å². The van der Waals surface area contributed by atoms with Gasteiger partial charge in [-0.1, -0.05) is 6.92 Å². The van der Waals surface area contributed by atoms with Crippen LogP contribution in [0.1, 0.15) is 13.3 Å². The van der Waals surface area contributed by atoms with Gasteiger partial charge in [0.15, 0.2) is 15.8 Å². The van der Waals surface area contributed by atoms with E-state index in [1.54, 1.807) is 10.6 Å². The molecule has 0 amide bonds. The highest BCUT2D eigenvalue weighted by molar-refractivity contribution is 7.89. The van der Waals surface area contributed by atoms with Gasteiger partial charge in [0.25, 0.3) is 10.0 Å². The molecule has 100 valence electrons. The molecular weight excluding hydrogens is 272 g/mol. The Bertz CT molecular complexity index is 642. The molecule has 0 spiro atoms. The van der Waals surface area contributed by atoms with Gasteiger partial charge in [-0.2, -0.15) is 0 Å². The van der Waals surface area contributed by atoms with Gasteiger partial charge in [0, 0.05) is 32.2 Å². The number of imidazole rings is 1. The fourth-order valence-corrected chi connectivity index (χ4v) is 3.42. The van der Waals surface area contributed by atoms with Crippen LogP contribution in [0.2, 0.25) is 0 Å². The molecule has 0 unspecified atom stereocenters. The van der Waals surface area contributed by atoms with E-state index in [1.807, 2.05) is 12.3 Å². The van der Waals surface area contributed by atoms with Crippen LogP contribution in [0.3, 0.4) is 0 Å². The minimum atomic E-state index is -3.51. The van der Waals surface area contributed by atoms with Crippen LogP contribution in [-0.4, -0.2) is 42.7 Å². The molecule has 0 aliphatic heterocycles. The van der Waals surface area contributed by atoms with Crippen molar-refractivity contribution in [2.75, 3.05) is 26.0 Å². The monoisotopic (exact) mass is 288 g/mol. The smallest absolute Gasteiger partial charge is 0.262 e. The molecule has 6 nitrogen and oxygen atoms in total. The summed E-state index contributed by atoms with van der Waals surface area (Å²) in [7, 11) is -0.476. The molecule has 0 bridgehead atoms. The Balaban J connectivity index is 2.61. The number of thiazole rings is 1. The Kier molecular flexibility index (Phi) is 3.60. The van der Waals surface area contributed by atoms with Gasteiger partial charge in [-0.25, -0.2) is 17.7 Å². The lowest BCUT2D eigenvalue weighted by Crippen LogP contribution is -2.24. The van der Waals surface area contributed by atoms with Crippen LogP contribution in [0.5, 0.6) is 0 Å². The molecule has 1 N–H and O–H groups in total. The molecule has 0 aliphatic rings. The van der Waals surface area contributed by atoms with Gasteiger partial charge in [-0.05, 0) is 6.42 Å². The molecule has 0 atom stereocenters. The first-order valence-electron chi connectivity index (χ1n) is 5.60. The first-order valence-corrected chi connectivity index (χ1v) is 7.92. The van der Waals surface area contributed by atoms with Crippen molar-refractivity contribution in [3.63, 3.8) is 0 Å². The van der Waals surface area contributed by atoms with Crippen molar-refractivity contribution in [3.05, 3.63) is 11.6 Å². The van der Waals surface area contributed by atoms with Gasteiger partial charge in [-0.3, -0.25) is 4.40 Å². The summed E-state index contributed by atoms with van der Waals surface area (Å²) >= 11 is 1.41. The molecule has 0 saturated carbocycles. The molecule has 18 heavy (non-hydrogen) atoms. The predicted octanol–water partition coefficient (Wildman–Crippen LogP) is 1.47. The highest BCUT2D eigenvalue weighted by Gasteiger charge is 2.27. The summed E-state index contributed by atoms with van der Waals surface area (Å²) in [6, 6.07) is 0. The highest BCUT2D eigenvalue weighted by atomic mass is 32.2. The third-order valence-electron chi connectivity index (χ3n) is 2.49. The van der Waals surface area contributed by atoms with Crippen LogP contribution in [0.15, 0.2) is 16.6 Å². The predicted molar refractivity (Wildman–Crippen MR) is 72.7 cm³/mol. The van der Waals surface area contributed by atoms with Crippen LogP contribution in [0.25, 0.3) is 4.96 Å². The van der Waals surface area contributed by atoms with Crippen molar-refractivity contribution in [1.82, 2.24) is 13.7 Å². The number of anilines is 1. The van der Waals surface area contributed by atoms with E-state index in [0.29, 0.717) is 17.3 Å². The van der Waals surface area contributed by atoms with Crippen molar-refractivity contribution < 1.29 is 8.42 Å². The third kappa shape index (κ3) is 2.11. The van der Waals surface area contributed by atoms with Crippen LogP contribution >= 0.6 is 11.3 Å². The van der Waals surface area contributed by atoms with E-state index in [-0.39, 0.29) is 5.03 Å². The summed E-state index contributed by atoms with van der Waals surface area (Å²) in [5, 5.41) is 5.09. The number of nitrogens with zero attached hydrogens (tertiary/aromatic N) is 3. The molecule has 0 aliphatic carbocycles. The number of hydrogen-bond donors (Lipinski definition) is 1. The Morgan fingerprint density at radius 1 is 1.50 bits per heavy atom. The standard InChI is InChI=1S/C10H16N4O2S2/c1-4-5-11-8-9(18(15,16)13(2)3)14-6-7-17-10(14)12-8/h6-7,11H,4-5H2,1-3H3. The first kappa shape index (κ1) is 13.3. The zero-order valence-electron chi connectivity index (χ0n) is 10.5. The van der Waals surface area contributed by atoms with Crippen LogP contribution in [0, 0.1) is 0 Å². The second-order valence-corrected chi connectivity index (χ2v) is 6.98. The Morgan fingerprint density at radius 3 is 2.83 bits per heavy atom. The molecule has 0 radical (unpaired) electrons. The van der Waals surface area contributed by atoms with Gasteiger partial charge in [-0.15, -0.1) is 11.3 Å². The highest BCUT2D eigenvalue weighted by Crippen LogP contribution is 2.27. The molecule has 2 rings (SSSR count). The molecule has 0 aromatic carbocycles. The van der Waals surface area contributed by atoms with E-state index in [4.69, 9.17) is 0 Å². The largest absolute Gasteiger partial charge is 0.368 e. The summed E-state index contributed by atoms with van der Waals surface area (Å²) in [6.45, 7) is 2.71. The number of hydrogen-bond acceptors (Lipinski definition) is 5. The summed E-state index contributed by atoms with van der Waals surface area (Å²) in [6.07, 6.45) is 2.63. The molecule has 8 heteroatoms. The average molecular weight is 288 g/mol. The molecule has 0 saturated heterocycles. The lowest BCUT2D eigenvalue weighted by Gasteiger charge is -2.12. The molecule has 2 heterocycles. The van der Waals surface area contributed by atoms with Crippen molar-refractivity contribution in [2.45, 2.75) is 18.4 Å². The average Bonchev–Trinajstić information content (AvgIpc) is 2.84. The first-order chi connectivity index (χ1) is 8.48. The van der Waals surface area contributed by atoms with E-state index in [9.17, 15) is 8.42 Å². The minimum Gasteiger partial charge on any atom is -0.368 e. The van der Waals surface area contributed by atoms with E-state index < -0.39 is 10.0 Å². The number of sulfonamides is 1. The number of fused-ring (bicyclic) bond motifs is 1. The van der Waals surface area contributed by atoms with E-state index in [2.05, 4.69) is 10.3 Å². The van der Waals surface area contributed by atoms with E-state index in [1.165, 1.54) is 29.7 Å². The minimum absolute atomic E-state index is 0.206.